The van der Waals surface area contributed by atoms with Crippen molar-refractivity contribution in [1.82, 2.24) is 10.2 Å². The molecule has 0 bridgehead atoms. The molecule has 2 atom stereocenters. The van der Waals surface area contributed by atoms with Crippen molar-refractivity contribution in [2.75, 3.05) is 33.3 Å². The molecule has 0 fully saturated rings. The highest BCUT2D eigenvalue weighted by Crippen LogP contribution is 2.00. The third-order valence-corrected chi connectivity index (χ3v) is 2.40. The molecule has 0 saturated heterocycles. The molecule has 0 aromatic carbocycles. The van der Waals surface area contributed by atoms with Gasteiger partial charge in [0.2, 0.25) is 0 Å². The summed E-state index contributed by atoms with van der Waals surface area (Å²) in [5.41, 5.74) is 11.2. The van der Waals surface area contributed by atoms with Crippen molar-refractivity contribution in [3.05, 3.63) is 0 Å². The van der Waals surface area contributed by atoms with Crippen LogP contribution < -0.4 is 16.8 Å². The average molecular weight is 204 g/mol. The van der Waals surface area contributed by atoms with Gasteiger partial charge in [-0.1, -0.05) is 0 Å². The van der Waals surface area contributed by atoms with Crippen molar-refractivity contribution in [2.45, 2.75) is 25.6 Å². The maximum Gasteiger partial charge on any atom is 0.0594 e. The zero-order valence-electron chi connectivity index (χ0n) is 9.24. The maximum atomic E-state index is 8.74. The van der Waals surface area contributed by atoms with E-state index in [9.17, 15) is 0 Å². The second kappa shape index (κ2) is 8.14. The molecule has 5 nitrogen and oxygen atoms in total. The van der Waals surface area contributed by atoms with Crippen molar-refractivity contribution in [3.8, 4) is 0 Å². The fourth-order valence-electron chi connectivity index (χ4n) is 1.22. The average Bonchev–Trinajstić information content (AvgIpc) is 2.17. The van der Waals surface area contributed by atoms with E-state index in [2.05, 4.69) is 17.1 Å². The lowest BCUT2D eigenvalue weighted by Crippen LogP contribution is -2.48. The van der Waals surface area contributed by atoms with Crippen LogP contribution in [-0.2, 0) is 0 Å². The van der Waals surface area contributed by atoms with E-state index in [0.717, 1.165) is 13.1 Å². The summed E-state index contributed by atoms with van der Waals surface area (Å²) in [5.74, 6) is 0. The Labute approximate surface area is 86.4 Å². The van der Waals surface area contributed by atoms with E-state index in [1.54, 1.807) is 0 Å². The normalized spacial score (nSPS) is 15.9. The van der Waals surface area contributed by atoms with Gasteiger partial charge in [0.25, 0.3) is 0 Å². The van der Waals surface area contributed by atoms with Gasteiger partial charge in [0.1, 0.15) is 0 Å². The molecule has 0 saturated carbocycles. The number of nitrogens with two attached hydrogens (primary N) is 2. The number of nitrogens with one attached hydrogen (secondary N) is 1. The third kappa shape index (κ3) is 5.51. The predicted octanol–water partition coefficient (Wildman–Crippen LogP) is -1.48. The van der Waals surface area contributed by atoms with Gasteiger partial charge in [0.05, 0.1) is 6.17 Å². The Morgan fingerprint density at radius 3 is 2.64 bits per heavy atom. The molecule has 0 radical (unpaired) electrons. The summed E-state index contributed by atoms with van der Waals surface area (Å²) in [4.78, 5) is 2.06. The summed E-state index contributed by atoms with van der Waals surface area (Å²) >= 11 is 0. The number of likely N-dealkylation sites (N-methyl/N-ethyl adjacent to an activating group) is 1. The minimum Gasteiger partial charge on any atom is -0.396 e. The summed E-state index contributed by atoms with van der Waals surface area (Å²) in [6.07, 6.45) is 0.534. The topological polar surface area (TPSA) is 87.5 Å². The molecule has 0 heterocycles. The summed E-state index contributed by atoms with van der Waals surface area (Å²) in [7, 11) is 1.97. The highest BCUT2D eigenvalue weighted by Gasteiger charge is 2.14. The lowest BCUT2D eigenvalue weighted by Gasteiger charge is -2.30. The minimum atomic E-state index is -0.0744. The van der Waals surface area contributed by atoms with E-state index in [0.29, 0.717) is 19.0 Å². The Kier molecular flexibility index (Phi) is 8.02. The van der Waals surface area contributed by atoms with E-state index >= 15 is 0 Å². The van der Waals surface area contributed by atoms with Crippen molar-refractivity contribution in [1.29, 1.82) is 0 Å². The van der Waals surface area contributed by atoms with Crippen LogP contribution in [0.25, 0.3) is 0 Å². The first-order chi connectivity index (χ1) is 6.63. The molecule has 14 heavy (non-hydrogen) atoms. The van der Waals surface area contributed by atoms with E-state index in [1.165, 1.54) is 0 Å². The molecule has 0 aromatic rings. The summed E-state index contributed by atoms with van der Waals surface area (Å²) in [5, 5.41) is 12.0. The quantitative estimate of drug-likeness (QED) is 0.286. The molecule has 5 heteroatoms. The van der Waals surface area contributed by atoms with Gasteiger partial charge >= 0.3 is 0 Å². The SMILES string of the molecule is CC(CNCCN)N(C)C(N)CCO. The fourth-order valence-corrected chi connectivity index (χ4v) is 1.22. The third-order valence-electron chi connectivity index (χ3n) is 2.40. The summed E-state index contributed by atoms with van der Waals surface area (Å²) < 4.78 is 0. The Bertz CT molecular complexity index is 134. The van der Waals surface area contributed by atoms with Gasteiger partial charge in [-0.05, 0) is 20.4 Å². The van der Waals surface area contributed by atoms with Crippen LogP contribution in [0.1, 0.15) is 13.3 Å². The number of aliphatic hydroxyl groups excluding tert-OH is 1. The highest BCUT2D eigenvalue weighted by molar-refractivity contribution is 4.71. The second-order valence-corrected chi connectivity index (χ2v) is 3.59. The van der Waals surface area contributed by atoms with Gasteiger partial charge in [0, 0.05) is 32.3 Å². The Balaban J connectivity index is 3.68. The lowest BCUT2D eigenvalue weighted by molar-refractivity contribution is 0.149. The Hall–Kier alpha value is -0.200. The summed E-state index contributed by atoms with van der Waals surface area (Å²) in [6.45, 7) is 4.58. The molecule has 6 N–H and O–H groups in total. The Morgan fingerprint density at radius 2 is 2.14 bits per heavy atom. The zero-order valence-corrected chi connectivity index (χ0v) is 9.24. The molecule has 86 valence electrons. The standard InChI is InChI=1S/C9H24N4O/c1-8(7-12-5-4-10)13(2)9(11)3-6-14/h8-9,12,14H,3-7,10-11H2,1-2H3. The van der Waals surface area contributed by atoms with Gasteiger partial charge in [-0.15, -0.1) is 0 Å². The van der Waals surface area contributed by atoms with Crippen LogP contribution >= 0.6 is 0 Å². The number of hydrogen-bond donors (Lipinski definition) is 4. The van der Waals surface area contributed by atoms with Gasteiger partial charge in [-0.25, -0.2) is 0 Å². The molecule has 0 aromatic heterocycles. The van der Waals surface area contributed by atoms with E-state index in [4.69, 9.17) is 16.6 Å². The van der Waals surface area contributed by atoms with Gasteiger partial charge < -0.3 is 21.9 Å². The summed E-state index contributed by atoms with van der Waals surface area (Å²) in [6, 6.07) is 0.350. The number of hydrogen-bond acceptors (Lipinski definition) is 5. The Morgan fingerprint density at radius 1 is 1.50 bits per heavy atom. The number of aliphatic hydroxyl groups is 1. The predicted molar refractivity (Wildman–Crippen MR) is 58.8 cm³/mol. The molecule has 0 aliphatic heterocycles. The smallest absolute Gasteiger partial charge is 0.0594 e. The minimum absolute atomic E-state index is 0.0744. The van der Waals surface area contributed by atoms with Crippen LogP contribution in [0.15, 0.2) is 0 Å². The van der Waals surface area contributed by atoms with Crippen molar-refractivity contribution in [2.24, 2.45) is 11.5 Å². The number of nitrogens with zero attached hydrogens (tertiary/aromatic N) is 1. The monoisotopic (exact) mass is 204 g/mol. The van der Waals surface area contributed by atoms with Crippen molar-refractivity contribution >= 4 is 0 Å². The first kappa shape index (κ1) is 13.8. The molecule has 0 aliphatic rings. The van der Waals surface area contributed by atoms with Crippen LogP contribution in [0.3, 0.4) is 0 Å². The van der Waals surface area contributed by atoms with E-state index in [-0.39, 0.29) is 12.8 Å². The maximum absolute atomic E-state index is 8.74. The highest BCUT2D eigenvalue weighted by atomic mass is 16.3. The van der Waals surface area contributed by atoms with Crippen LogP contribution in [-0.4, -0.2) is 55.5 Å². The van der Waals surface area contributed by atoms with Gasteiger partial charge in [-0.2, -0.15) is 0 Å². The molecule has 0 amide bonds. The van der Waals surface area contributed by atoms with Crippen LogP contribution in [0.4, 0.5) is 0 Å². The largest absolute Gasteiger partial charge is 0.396 e. The van der Waals surface area contributed by atoms with Crippen LogP contribution in [0, 0.1) is 0 Å². The lowest BCUT2D eigenvalue weighted by atomic mass is 10.2. The first-order valence-electron chi connectivity index (χ1n) is 5.12. The molecular weight excluding hydrogens is 180 g/mol. The molecule has 0 spiro atoms. The van der Waals surface area contributed by atoms with Gasteiger partial charge in [0.15, 0.2) is 0 Å². The van der Waals surface area contributed by atoms with E-state index in [1.807, 2.05) is 7.05 Å². The molecule has 0 rings (SSSR count). The van der Waals surface area contributed by atoms with Crippen molar-refractivity contribution in [3.63, 3.8) is 0 Å². The van der Waals surface area contributed by atoms with Crippen molar-refractivity contribution < 1.29 is 5.11 Å². The molecular formula is C9H24N4O. The van der Waals surface area contributed by atoms with E-state index < -0.39 is 0 Å². The molecule has 2 unspecified atom stereocenters. The number of rotatable bonds is 8. The first-order valence-corrected chi connectivity index (χ1v) is 5.12. The van der Waals surface area contributed by atoms with Crippen LogP contribution in [0.2, 0.25) is 0 Å². The molecule has 0 aliphatic carbocycles. The fraction of sp³-hybridized carbons (Fsp3) is 1.00. The van der Waals surface area contributed by atoms with Gasteiger partial charge in [-0.3, -0.25) is 4.90 Å². The van der Waals surface area contributed by atoms with Crippen LogP contribution in [0.5, 0.6) is 0 Å². The second-order valence-electron chi connectivity index (χ2n) is 3.59. The zero-order chi connectivity index (χ0) is 11.0.